The molecule has 0 spiro atoms. The van der Waals surface area contributed by atoms with E-state index in [0.29, 0.717) is 26.1 Å². The highest BCUT2D eigenvalue weighted by Gasteiger charge is 2.27. The Bertz CT molecular complexity index is 581. The van der Waals surface area contributed by atoms with Gasteiger partial charge in [-0.3, -0.25) is 0 Å². The molecule has 0 fully saturated rings. The normalized spacial score (nSPS) is 17.2. The standard InChI is InChI=1S/C13H18N2O3S/c1-18-10-11-6-8-15(9-7-11)19(16,17)13-5-3-2-4-12(13)14/h2-6H,7-10,14H2,1H3. The molecule has 6 heteroatoms. The second-order valence-corrected chi connectivity index (χ2v) is 6.35. The number of nitrogen functional groups attached to an aromatic ring is 1. The van der Waals surface area contributed by atoms with Crippen LogP contribution in [-0.2, 0) is 14.8 Å². The minimum atomic E-state index is -3.51. The fraction of sp³-hybridized carbons (Fsp3) is 0.385. The third-order valence-electron chi connectivity index (χ3n) is 3.13. The maximum absolute atomic E-state index is 12.5. The van der Waals surface area contributed by atoms with Gasteiger partial charge in [0.25, 0.3) is 0 Å². The van der Waals surface area contributed by atoms with Gasteiger partial charge < -0.3 is 10.5 Å². The van der Waals surface area contributed by atoms with Crippen molar-refractivity contribution in [1.82, 2.24) is 4.31 Å². The van der Waals surface area contributed by atoms with Crippen LogP contribution in [0.5, 0.6) is 0 Å². The van der Waals surface area contributed by atoms with Crippen molar-refractivity contribution in [2.24, 2.45) is 0 Å². The maximum atomic E-state index is 12.5. The third kappa shape index (κ3) is 2.97. The summed E-state index contributed by atoms with van der Waals surface area (Å²) < 4.78 is 31.4. The predicted octanol–water partition coefficient (Wildman–Crippen LogP) is 1.24. The first-order valence-corrected chi connectivity index (χ1v) is 7.51. The van der Waals surface area contributed by atoms with Gasteiger partial charge in [-0.15, -0.1) is 0 Å². The van der Waals surface area contributed by atoms with Crippen molar-refractivity contribution in [2.75, 3.05) is 32.5 Å². The van der Waals surface area contributed by atoms with Crippen LogP contribution in [0.25, 0.3) is 0 Å². The number of hydrogen-bond donors (Lipinski definition) is 1. The molecule has 1 heterocycles. The predicted molar refractivity (Wildman–Crippen MR) is 74.2 cm³/mol. The number of anilines is 1. The number of para-hydroxylation sites is 1. The summed E-state index contributed by atoms with van der Waals surface area (Å²) in [5, 5.41) is 0. The summed E-state index contributed by atoms with van der Waals surface area (Å²) in [4.78, 5) is 0.179. The molecule has 0 unspecified atom stereocenters. The van der Waals surface area contributed by atoms with Crippen molar-refractivity contribution in [1.29, 1.82) is 0 Å². The Morgan fingerprint density at radius 3 is 2.68 bits per heavy atom. The summed E-state index contributed by atoms with van der Waals surface area (Å²) in [6.45, 7) is 1.39. The lowest BCUT2D eigenvalue weighted by Gasteiger charge is -2.26. The van der Waals surface area contributed by atoms with E-state index in [2.05, 4.69) is 0 Å². The monoisotopic (exact) mass is 282 g/mol. The summed E-state index contributed by atoms with van der Waals surface area (Å²) >= 11 is 0. The zero-order valence-corrected chi connectivity index (χ0v) is 11.7. The molecule has 0 aliphatic carbocycles. The minimum Gasteiger partial charge on any atom is -0.398 e. The molecule has 19 heavy (non-hydrogen) atoms. The van der Waals surface area contributed by atoms with Gasteiger partial charge in [-0.1, -0.05) is 18.2 Å². The highest BCUT2D eigenvalue weighted by Crippen LogP contribution is 2.24. The third-order valence-corrected chi connectivity index (χ3v) is 5.07. The van der Waals surface area contributed by atoms with Gasteiger partial charge in [0, 0.05) is 20.2 Å². The molecule has 5 nitrogen and oxygen atoms in total. The maximum Gasteiger partial charge on any atom is 0.245 e. The first-order chi connectivity index (χ1) is 9.05. The Balaban J connectivity index is 2.21. The van der Waals surface area contributed by atoms with Crippen LogP contribution in [0.1, 0.15) is 6.42 Å². The molecule has 0 bridgehead atoms. The van der Waals surface area contributed by atoms with Crippen LogP contribution in [0, 0.1) is 0 Å². The van der Waals surface area contributed by atoms with Crippen LogP contribution in [0.4, 0.5) is 5.69 Å². The Kier molecular flexibility index (Phi) is 4.24. The van der Waals surface area contributed by atoms with Gasteiger partial charge in [0.2, 0.25) is 10.0 Å². The van der Waals surface area contributed by atoms with Gasteiger partial charge in [-0.2, -0.15) is 4.31 Å². The fourth-order valence-corrected chi connectivity index (χ4v) is 3.58. The first kappa shape index (κ1) is 14.0. The molecule has 0 saturated heterocycles. The molecule has 1 aliphatic heterocycles. The van der Waals surface area contributed by atoms with Crippen LogP contribution in [0.3, 0.4) is 0 Å². The number of hydrogen-bond acceptors (Lipinski definition) is 4. The van der Waals surface area contributed by atoms with E-state index in [4.69, 9.17) is 10.5 Å². The van der Waals surface area contributed by atoms with Gasteiger partial charge in [0.15, 0.2) is 0 Å². The van der Waals surface area contributed by atoms with Gasteiger partial charge in [0.1, 0.15) is 4.90 Å². The number of ether oxygens (including phenoxy) is 1. The number of nitrogens with zero attached hydrogens (tertiary/aromatic N) is 1. The molecule has 0 radical (unpaired) electrons. The Morgan fingerprint density at radius 2 is 2.11 bits per heavy atom. The first-order valence-electron chi connectivity index (χ1n) is 6.07. The second kappa shape index (κ2) is 5.73. The number of sulfonamides is 1. The smallest absolute Gasteiger partial charge is 0.245 e. The molecule has 0 aromatic heterocycles. The topological polar surface area (TPSA) is 72.6 Å². The van der Waals surface area contributed by atoms with Crippen molar-refractivity contribution < 1.29 is 13.2 Å². The molecule has 1 aromatic rings. The van der Waals surface area contributed by atoms with Crippen LogP contribution < -0.4 is 5.73 Å². The summed E-state index contributed by atoms with van der Waals surface area (Å²) in [6.07, 6.45) is 2.60. The lowest BCUT2D eigenvalue weighted by molar-refractivity contribution is 0.219. The molecule has 0 atom stereocenters. The highest BCUT2D eigenvalue weighted by atomic mass is 32.2. The van der Waals surface area contributed by atoms with Crippen LogP contribution >= 0.6 is 0 Å². The highest BCUT2D eigenvalue weighted by molar-refractivity contribution is 7.89. The van der Waals surface area contributed by atoms with Gasteiger partial charge in [0.05, 0.1) is 12.3 Å². The Morgan fingerprint density at radius 1 is 1.37 bits per heavy atom. The molecule has 0 saturated carbocycles. The van der Waals surface area contributed by atoms with Crippen molar-refractivity contribution in [3.63, 3.8) is 0 Å². The van der Waals surface area contributed by atoms with Crippen LogP contribution in [0.2, 0.25) is 0 Å². The largest absolute Gasteiger partial charge is 0.398 e. The molecule has 0 amide bonds. The van der Waals surface area contributed by atoms with Gasteiger partial charge in [-0.05, 0) is 24.1 Å². The molecule has 1 aliphatic rings. The van der Waals surface area contributed by atoms with Crippen molar-refractivity contribution in [2.45, 2.75) is 11.3 Å². The SMILES string of the molecule is COCC1=CCN(S(=O)(=O)c2ccccc2N)CC1. The molecular formula is C13H18N2O3S. The van der Waals surface area contributed by atoms with Crippen molar-refractivity contribution in [3.05, 3.63) is 35.9 Å². The zero-order chi connectivity index (χ0) is 13.9. The Labute approximate surface area is 113 Å². The molecule has 2 N–H and O–H groups in total. The zero-order valence-electron chi connectivity index (χ0n) is 10.9. The van der Waals surface area contributed by atoms with Gasteiger partial charge >= 0.3 is 0 Å². The lowest BCUT2D eigenvalue weighted by atomic mass is 10.1. The number of rotatable bonds is 4. The van der Waals surface area contributed by atoms with E-state index < -0.39 is 10.0 Å². The summed E-state index contributed by atoms with van der Waals surface area (Å²) in [5.41, 5.74) is 7.17. The molecule has 2 rings (SSSR count). The quantitative estimate of drug-likeness (QED) is 0.666. The lowest BCUT2D eigenvalue weighted by Crippen LogP contribution is -2.35. The Hall–Kier alpha value is -1.37. The second-order valence-electron chi connectivity index (χ2n) is 4.45. The van der Waals surface area contributed by atoms with E-state index in [1.54, 1.807) is 31.4 Å². The average molecular weight is 282 g/mol. The fourth-order valence-electron chi connectivity index (χ4n) is 2.08. The number of nitrogens with two attached hydrogens (primary N) is 1. The molecule has 104 valence electrons. The molecule has 1 aromatic carbocycles. The van der Waals surface area contributed by atoms with Gasteiger partial charge in [-0.25, -0.2) is 8.42 Å². The summed E-state index contributed by atoms with van der Waals surface area (Å²) in [6, 6.07) is 6.54. The summed E-state index contributed by atoms with van der Waals surface area (Å²) in [7, 11) is -1.87. The number of methoxy groups -OCH3 is 1. The van der Waals surface area contributed by atoms with E-state index in [-0.39, 0.29) is 10.6 Å². The van der Waals surface area contributed by atoms with Crippen LogP contribution in [0.15, 0.2) is 40.8 Å². The van der Waals surface area contributed by atoms with Crippen molar-refractivity contribution >= 4 is 15.7 Å². The van der Waals surface area contributed by atoms with E-state index in [1.165, 1.54) is 4.31 Å². The summed E-state index contributed by atoms with van der Waals surface area (Å²) in [5.74, 6) is 0. The number of benzene rings is 1. The van der Waals surface area contributed by atoms with E-state index in [9.17, 15) is 8.42 Å². The minimum absolute atomic E-state index is 0.179. The average Bonchev–Trinajstić information content (AvgIpc) is 2.40. The van der Waals surface area contributed by atoms with Crippen molar-refractivity contribution in [3.8, 4) is 0 Å². The van der Waals surface area contributed by atoms with E-state index >= 15 is 0 Å². The molecular weight excluding hydrogens is 264 g/mol. The van der Waals surface area contributed by atoms with Crippen LogP contribution in [-0.4, -0.2) is 39.5 Å². The van der Waals surface area contributed by atoms with E-state index in [1.807, 2.05) is 6.08 Å². The van der Waals surface area contributed by atoms with E-state index in [0.717, 1.165) is 5.57 Å².